The third-order valence-electron chi connectivity index (χ3n) is 3.50. The van der Waals surface area contributed by atoms with Crippen molar-refractivity contribution < 1.29 is 9.59 Å². The average Bonchev–Trinajstić information content (AvgIpc) is 2.58. The van der Waals surface area contributed by atoms with Crippen molar-refractivity contribution in [2.45, 2.75) is 12.8 Å². The van der Waals surface area contributed by atoms with Gasteiger partial charge in [-0.15, -0.1) is 0 Å². The van der Waals surface area contributed by atoms with E-state index in [1.807, 2.05) is 42.5 Å². The highest BCUT2D eigenvalue weighted by atomic mass is 127. The maximum atomic E-state index is 12.0. The Morgan fingerprint density at radius 2 is 1.65 bits per heavy atom. The topological polar surface area (TPSA) is 58.2 Å². The van der Waals surface area contributed by atoms with Crippen LogP contribution in [0.3, 0.4) is 0 Å². The lowest BCUT2D eigenvalue weighted by atomic mass is 10.0. The molecule has 1 atom stereocenters. The van der Waals surface area contributed by atoms with Crippen LogP contribution in [0.25, 0.3) is 0 Å². The van der Waals surface area contributed by atoms with Gasteiger partial charge in [0, 0.05) is 10.1 Å². The van der Waals surface area contributed by atoms with Crippen LogP contribution in [-0.2, 0) is 4.79 Å². The molecule has 0 bridgehead atoms. The van der Waals surface area contributed by atoms with Crippen LogP contribution in [0.5, 0.6) is 0 Å². The molecule has 0 fully saturated rings. The fourth-order valence-corrected chi connectivity index (χ4v) is 2.76. The molecule has 0 spiro atoms. The number of carbonyl (C=O) groups excluding carboxylic acids is 2. The molecule has 0 heterocycles. The van der Waals surface area contributed by atoms with Gasteiger partial charge >= 0.3 is 0 Å². The van der Waals surface area contributed by atoms with Crippen LogP contribution in [0.15, 0.2) is 54.6 Å². The highest BCUT2D eigenvalue weighted by Crippen LogP contribution is 2.13. The van der Waals surface area contributed by atoms with E-state index in [4.69, 9.17) is 0 Å². The maximum absolute atomic E-state index is 12.0. The predicted octanol–water partition coefficient (Wildman–Crippen LogP) is 2.94. The van der Waals surface area contributed by atoms with E-state index in [1.165, 1.54) is 5.56 Å². The van der Waals surface area contributed by atoms with E-state index >= 15 is 0 Å². The molecule has 2 amide bonds. The molecule has 0 saturated carbocycles. The van der Waals surface area contributed by atoms with Gasteiger partial charge in [0.25, 0.3) is 5.91 Å². The number of carbonyl (C=O) groups is 2. The van der Waals surface area contributed by atoms with Crippen LogP contribution in [0.2, 0.25) is 0 Å². The molecule has 5 heteroatoms. The smallest absolute Gasteiger partial charge is 0.252 e. The average molecular weight is 422 g/mol. The van der Waals surface area contributed by atoms with Crippen LogP contribution in [0, 0.1) is 3.57 Å². The molecule has 0 aliphatic carbocycles. The monoisotopic (exact) mass is 422 g/mol. The van der Waals surface area contributed by atoms with Crippen LogP contribution in [0.4, 0.5) is 0 Å². The van der Waals surface area contributed by atoms with Gasteiger partial charge in [0.15, 0.2) is 0 Å². The van der Waals surface area contributed by atoms with E-state index in [-0.39, 0.29) is 24.3 Å². The first-order chi connectivity index (χ1) is 11.1. The molecule has 2 aromatic rings. The molecule has 4 nitrogen and oxygen atoms in total. The van der Waals surface area contributed by atoms with Gasteiger partial charge in [-0.3, -0.25) is 9.59 Å². The maximum Gasteiger partial charge on any atom is 0.252 e. The van der Waals surface area contributed by atoms with E-state index < -0.39 is 0 Å². The zero-order valence-corrected chi connectivity index (χ0v) is 15.0. The Bertz CT molecular complexity index is 674. The Morgan fingerprint density at radius 3 is 2.35 bits per heavy atom. The largest absolute Gasteiger partial charge is 0.354 e. The van der Waals surface area contributed by atoms with Crippen LogP contribution < -0.4 is 10.6 Å². The zero-order valence-electron chi connectivity index (χ0n) is 12.9. The normalized spacial score (nSPS) is 11.6. The van der Waals surface area contributed by atoms with E-state index in [0.717, 1.165) is 3.57 Å². The van der Waals surface area contributed by atoms with Crippen molar-refractivity contribution in [1.29, 1.82) is 0 Å². The summed E-state index contributed by atoms with van der Waals surface area (Å²) in [6.07, 6.45) is 0. The summed E-state index contributed by atoms with van der Waals surface area (Å²) in [6.45, 7) is 2.58. The van der Waals surface area contributed by atoms with Crippen LogP contribution >= 0.6 is 22.6 Å². The first-order valence-electron chi connectivity index (χ1n) is 7.42. The van der Waals surface area contributed by atoms with Gasteiger partial charge in [0.2, 0.25) is 5.91 Å². The summed E-state index contributed by atoms with van der Waals surface area (Å²) in [6, 6.07) is 17.3. The molecule has 120 valence electrons. The summed E-state index contributed by atoms with van der Waals surface area (Å²) in [4.78, 5) is 23.9. The van der Waals surface area contributed by atoms with Gasteiger partial charge in [0.1, 0.15) is 0 Å². The molecule has 23 heavy (non-hydrogen) atoms. The summed E-state index contributed by atoms with van der Waals surface area (Å²) >= 11 is 2.10. The van der Waals surface area contributed by atoms with E-state index in [1.54, 1.807) is 12.1 Å². The second-order valence-corrected chi connectivity index (χ2v) is 6.44. The van der Waals surface area contributed by atoms with Crippen LogP contribution in [-0.4, -0.2) is 24.9 Å². The summed E-state index contributed by atoms with van der Waals surface area (Å²) in [5.41, 5.74) is 1.76. The molecular weight excluding hydrogens is 403 g/mol. The first-order valence-corrected chi connectivity index (χ1v) is 8.50. The van der Waals surface area contributed by atoms with E-state index in [2.05, 4.69) is 40.1 Å². The molecular formula is C18H19IN2O2. The first kappa shape index (κ1) is 17.5. The highest BCUT2D eigenvalue weighted by Gasteiger charge is 2.11. The Balaban J connectivity index is 1.77. The van der Waals surface area contributed by atoms with Gasteiger partial charge in [-0.25, -0.2) is 0 Å². The third kappa shape index (κ3) is 5.35. The van der Waals surface area contributed by atoms with Crippen molar-refractivity contribution in [2.75, 3.05) is 13.1 Å². The number of halogens is 1. The van der Waals surface area contributed by atoms with Crippen molar-refractivity contribution >= 4 is 34.4 Å². The standard InChI is InChI=1S/C18H19IN2O2/c1-13(14-7-3-2-4-8-14)11-20-17(22)12-21-18(23)15-9-5-6-10-16(15)19/h2-10,13H,11-12H2,1H3,(H,20,22)(H,21,23). The molecule has 2 N–H and O–H groups in total. The molecule has 0 radical (unpaired) electrons. The molecule has 0 aliphatic heterocycles. The molecule has 0 saturated heterocycles. The Hall–Kier alpha value is -1.89. The number of amides is 2. The highest BCUT2D eigenvalue weighted by molar-refractivity contribution is 14.1. The number of rotatable bonds is 6. The number of hydrogen-bond acceptors (Lipinski definition) is 2. The minimum Gasteiger partial charge on any atom is -0.354 e. The van der Waals surface area contributed by atoms with E-state index in [0.29, 0.717) is 12.1 Å². The Morgan fingerprint density at radius 1 is 1.00 bits per heavy atom. The lowest BCUT2D eigenvalue weighted by molar-refractivity contribution is -0.120. The predicted molar refractivity (Wildman–Crippen MR) is 99.4 cm³/mol. The van der Waals surface area contributed by atoms with E-state index in [9.17, 15) is 9.59 Å². The lowest BCUT2D eigenvalue weighted by Crippen LogP contribution is -2.38. The number of nitrogens with one attached hydrogen (secondary N) is 2. The van der Waals surface area contributed by atoms with Gasteiger partial charge in [-0.1, -0.05) is 49.4 Å². The van der Waals surface area contributed by atoms with Crippen molar-refractivity contribution in [3.8, 4) is 0 Å². The Kier molecular flexibility index (Phi) is 6.58. The van der Waals surface area contributed by atoms with Crippen molar-refractivity contribution in [3.63, 3.8) is 0 Å². The summed E-state index contributed by atoms with van der Waals surface area (Å²) in [7, 11) is 0. The Labute approximate surface area is 149 Å². The number of hydrogen-bond donors (Lipinski definition) is 2. The van der Waals surface area contributed by atoms with Crippen molar-refractivity contribution in [1.82, 2.24) is 10.6 Å². The molecule has 2 aromatic carbocycles. The fraction of sp³-hybridized carbons (Fsp3) is 0.222. The quantitative estimate of drug-likeness (QED) is 0.704. The minimum absolute atomic E-state index is 0.0225. The SMILES string of the molecule is CC(CNC(=O)CNC(=O)c1ccccc1I)c1ccccc1. The third-order valence-corrected chi connectivity index (χ3v) is 4.44. The number of benzene rings is 2. The molecule has 0 aromatic heterocycles. The van der Waals surface area contributed by atoms with Gasteiger partial charge < -0.3 is 10.6 Å². The molecule has 2 rings (SSSR count). The molecule has 0 aliphatic rings. The summed E-state index contributed by atoms with van der Waals surface area (Å²) in [5.74, 6) is -0.195. The van der Waals surface area contributed by atoms with Crippen molar-refractivity contribution in [3.05, 3.63) is 69.3 Å². The zero-order chi connectivity index (χ0) is 16.7. The van der Waals surface area contributed by atoms with Crippen LogP contribution in [0.1, 0.15) is 28.8 Å². The second kappa shape index (κ2) is 8.67. The van der Waals surface area contributed by atoms with Gasteiger partial charge in [-0.2, -0.15) is 0 Å². The van der Waals surface area contributed by atoms with Crippen molar-refractivity contribution in [2.24, 2.45) is 0 Å². The lowest BCUT2D eigenvalue weighted by Gasteiger charge is -2.13. The minimum atomic E-state index is -0.235. The molecule has 1 unspecified atom stereocenters. The summed E-state index contributed by atoms with van der Waals surface area (Å²) in [5, 5.41) is 5.49. The fourth-order valence-electron chi connectivity index (χ4n) is 2.13. The van der Waals surface area contributed by atoms with Gasteiger partial charge in [0.05, 0.1) is 12.1 Å². The summed E-state index contributed by atoms with van der Waals surface area (Å²) < 4.78 is 0.862. The van der Waals surface area contributed by atoms with Gasteiger partial charge in [-0.05, 0) is 46.2 Å². The second-order valence-electron chi connectivity index (χ2n) is 5.28.